The Bertz CT molecular complexity index is 916. The number of hydrogen-bond acceptors (Lipinski definition) is 5. The number of hydrogen-bond donors (Lipinski definition) is 2. The number of aromatic nitrogens is 2. The molecule has 0 aliphatic carbocycles. The first-order chi connectivity index (χ1) is 12.4. The minimum absolute atomic E-state index is 0.129. The minimum Gasteiger partial charge on any atom is -0.322 e. The molecule has 9 heteroatoms. The van der Waals surface area contributed by atoms with Crippen molar-refractivity contribution in [3.8, 4) is 0 Å². The highest BCUT2D eigenvalue weighted by Gasteiger charge is 2.17. The van der Waals surface area contributed by atoms with Crippen molar-refractivity contribution < 1.29 is 13.2 Å². The van der Waals surface area contributed by atoms with Crippen molar-refractivity contribution >= 4 is 27.5 Å². The fourth-order valence-corrected chi connectivity index (χ4v) is 3.72. The van der Waals surface area contributed by atoms with E-state index in [1.807, 2.05) is 0 Å². The Morgan fingerprint density at radius 3 is 2.62 bits per heavy atom. The number of aliphatic imine (C=N–C) groups is 1. The van der Waals surface area contributed by atoms with Gasteiger partial charge in [-0.25, -0.2) is 8.42 Å². The normalized spacial score (nSPS) is 15.0. The van der Waals surface area contributed by atoms with Crippen LogP contribution in [0.4, 0.5) is 5.69 Å². The van der Waals surface area contributed by atoms with Crippen LogP contribution < -0.4 is 10.0 Å². The summed E-state index contributed by atoms with van der Waals surface area (Å²) in [5, 5.41) is 6.65. The fraction of sp³-hybridized carbons (Fsp3) is 0.353. The number of benzene rings is 1. The van der Waals surface area contributed by atoms with E-state index in [2.05, 4.69) is 20.1 Å². The van der Waals surface area contributed by atoms with Gasteiger partial charge in [0.15, 0.2) is 0 Å². The number of sulfonamides is 1. The molecule has 0 saturated heterocycles. The molecule has 0 fully saturated rings. The van der Waals surface area contributed by atoms with Crippen molar-refractivity contribution in [2.45, 2.75) is 30.6 Å². The highest BCUT2D eigenvalue weighted by atomic mass is 32.2. The summed E-state index contributed by atoms with van der Waals surface area (Å²) in [7, 11) is -1.95. The number of amidine groups is 1. The first kappa shape index (κ1) is 18.1. The third kappa shape index (κ3) is 4.48. The Hall–Kier alpha value is -2.68. The van der Waals surface area contributed by atoms with Crippen LogP contribution >= 0.6 is 0 Å². The van der Waals surface area contributed by atoms with E-state index in [4.69, 9.17) is 0 Å². The lowest BCUT2D eigenvalue weighted by molar-refractivity contribution is 0.102. The molecule has 1 aromatic heterocycles. The summed E-state index contributed by atoms with van der Waals surface area (Å²) in [6.07, 6.45) is 6.67. The van der Waals surface area contributed by atoms with Crippen LogP contribution in [-0.4, -0.2) is 36.5 Å². The second-order valence-corrected chi connectivity index (χ2v) is 7.81. The molecule has 26 heavy (non-hydrogen) atoms. The van der Waals surface area contributed by atoms with Crippen LogP contribution in [0.15, 0.2) is 46.5 Å². The summed E-state index contributed by atoms with van der Waals surface area (Å²) < 4.78 is 29.1. The number of nitrogens with one attached hydrogen (secondary N) is 2. The van der Waals surface area contributed by atoms with Crippen molar-refractivity contribution in [1.82, 2.24) is 14.5 Å². The van der Waals surface area contributed by atoms with Gasteiger partial charge in [0.05, 0.1) is 16.7 Å². The van der Waals surface area contributed by atoms with Crippen LogP contribution in [0.25, 0.3) is 0 Å². The summed E-state index contributed by atoms with van der Waals surface area (Å²) in [6.45, 7) is 0.650. The molecular formula is C17H21N5O3S. The maximum absolute atomic E-state index is 12.5. The molecule has 0 radical (unpaired) electrons. The molecule has 0 atom stereocenters. The van der Waals surface area contributed by atoms with Crippen molar-refractivity contribution in [3.05, 3.63) is 42.2 Å². The quantitative estimate of drug-likeness (QED) is 0.851. The van der Waals surface area contributed by atoms with Gasteiger partial charge in [0, 0.05) is 31.9 Å². The molecule has 8 nitrogen and oxygen atoms in total. The zero-order valence-corrected chi connectivity index (χ0v) is 15.3. The molecule has 0 bridgehead atoms. The van der Waals surface area contributed by atoms with E-state index in [0.29, 0.717) is 30.1 Å². The predicted molar refractivity (Wildman–Crippen MR) is 98.7 cm³/mol. The highest BCUT2D eigenvalue weighted by molar-refractivity contribution is 7.90. The van der Waals surface area contributed by atoms with E-state index in [1.54, 1.807) is 25.4 Å². The Labute approximate surface area is 152 Å². The van der Waals surface area contributed by atoms with E-state index in [-0.39, 0.29) is 10.8 Å². The van der Waals surface area contributed by atoms with Crippen LogP contribution in [-0.2, 0) is 17.1 Å². The molecule has 1 aliphatic rings. The number of nitrogens with zero attached hydrogens (tertiary/aromatic N) is 3. The van der Waals surface area contributed by atoms with Crippen molar-refractivity contribution in [2.24, 2.45) is 12.0 Å². The van der Waals surface area contributed by atoms with Crippen LogP contribution in [0.2, 0.25) is 0 Å². The summed E-state index contributed by atoms with van der Waals surface area (Å²) in [4.78, 5) is 16.5. The minimum atomic E-state index is -3.68. The molecule has 1 aromatic carbocycles. The van der Waals surface area contributed by atoms with E-state index >= 15 is 0 Å². The first-order valence-corrected chi connectivity index (χ1v) is 9.88. The summed E-state index contributed by atoms with van der Waals surface area (Å²) >= 11 is 0. The van der Waals surface area contributed by atoms with Gasteiger partial charge in [0.2, 0.25) is 0 Å². The number of aryl methyl sites for hydroxylation is 1. The Kier molecular flexibility index (Phi) is 5.36. The van der Waals surface area contributed by atoms with Gasteiger partial charge in [0.25, 0.3) is 15.9 Å². The number of anilines is 1. The standard InChI is InChI=1S/C17H21N5O3S/c1-22-12-13(11-19-22)17(23)20-14-6-8-15(9-7-14)26(24,25)21-16-5-3-2-4-10-18-16/h6-9,11-12H,2-5,10H2,1H3,(H,18,21)(H,20,23). The van der Waals surface area contributed by atoms with Crippen molar-refractivity contribution in [1.29, 1.82) is 0 Å². The largest absolute Gasteiger partial charge is 0.322 e. The van der Waals surface area contributed by atoms with Gasteiger partial charge >= 0.3 is 0 Å². The third-order valence-electron chi connectivity index (χ3n) is 4.02. The molecule has 2 aromatic rings. The van der Waals surface area contributed by atoms with Gasteiger partial charge in [-0.2, -0.15) is 5.10 Å². The van der Waals surface area contributed by atoms with Gasteiger partial charge in [-0.05, 0) is 37.1 Å². The van der Waals surface area contributed by atoms with Crippen molar-refractivity contribution in [3.63, 3.8) is 0 Å². The molecule has 138 valence electrons. The number of carbonyl (C=O) groups excluding carboxylic acids is 1. The average molecular weight is 375 g/mol. The second-order valence-electron chi connectivity index (χ2n) is 6.13. The summed E-state index contributed by atoms with van der Waals surface area (Å²) in [6, 6.07) is 6.02. The lowest BCUT2D eigenvalue weighted by Gasteiger charge is -2.10. The maximum atomic E-state index is 12.5. The van der Waals surface area contributed by atoms with Gasteiger partial charge in [-0.1, -0.05) is 6.42 Å². The van der Waals surface area contributed by atoms with Gasteiger partial charge in [-0.3, -0.25) is 19.2 Å². The molecule has 0 unspecified atom stereocenters. The van der Waals surface area contributed by atoms with E-state index < -0.39 is 10.0 Å². The smallest absolute Gasteiger partial charge is 0.262 e. The topological polar surface area (TPSA) is 105 Å². The van der Waals surface area contributed by atoms with Gasteiger partial charge in [0.1, 0.15) is 5.84 Å². The third-order valence-corrected chi connectivity index (χ3v) is 5.41. The molecule has 2 heterocycles. The van der Waals surface area contributed by atoms with Gasteiger partial charge < -0.3 is 5.32 Å². The highest BCUT2D eigenvalue weighted by Crippen LogP contribution is 2.16. The monoisotopic (exact) mass is 375 g/mol. The Morgan fingerprint density at radius 1 is 1.15 bits per heavy atom. The lowest BCUT2D eigenvalue weighted by atomic mass is 10.2. The fourth-order valence-electron chi connectivity index (χ4n) is 2.63. The molecular weight excluding hydrogens is 354 g/mol. The van der Waals surface area contributed by atoms with Gasteiger partial charge in [-0.15, -0.1) is 0 Å². The Balaban J connectivity index is 1.68. The molecule has 1 amide bonds. The van der Waals surface area contributed by atoms with E-state index in [9.17, 15) is 13.2 Å². The number of rotatable bonds is 4. The zero-order chi connectivity index (χ0) is 18.6. The summed E-state index contributed by atoms with van der Waals surface area (Å²) in [5.41, 5.74) is 0.932. The molecule has 3 rings (SSSR count). The predicted octanol–water partition coefficient (Wildman–Crippen LogP) is 1.92. The zero-order valence-electron chi connectivity index (χ0n) is 14.5. The SMILES string of the molecule is Cn1cc(C(=O)Nc2ccc(S(=O)(=O)NC3=NCCCCC3)cc2)cn1. The maximum Gasteiger partial charge on any atom is 0.262 e. The second kappa shape index (κ2) is 7.69. The number of amides is 1. The van der Waals surface area contributed by atoms with E-state index in [0.717, 1.165) is 19.3 Å². The van der Waals surface area contributed by atoms with Crippen LogP contribution in [0, 0.1) is 0 Å². The number of carbonyl (C=O) groups is 1. The van der Waals surface area contributed by atoms with E-state index in [1.165, 1.54) is 23.0 Å². The molecule has 0 spiro atoms. The summed E-state index contributed by atoms with van der Waals surface area (Å²) in [5.74, 6) is 0.205. The average Bonchev–Trinajstić information content (AvgIpc) is 2.88. The van der Waals surface area contributed by atoms with Crippen LogP contribution in [0.5, 0.6) is 0 Å². The molecule has 1 aliphatic heterocycles. The molecule has 0 saturated carbocycles. The van der Waals surface area contributed by atoms with Crippen LogP contribution in [0.1, 0.15) is 36.0 Å². The Morgan fingerprint density at radius 2 is 1.92 bits per heavy atom. The van der Waals surface area contributed by atoms with Crippen molar-refractivity contribution in [2.75, 3.05) is 11.9 Å². The molecule has 2 N–H and O–H groups in total. The lowest BCUT2D eigenvalue weighted by Crippen LogP contribution is -2.30. The first-order valence-electron chi connectivity index (χ1n) is 8.40. The van der Waals surface area contributed by atoms with Crippen LogP contribution in [0.3, 0.4) is 0 Å².